The number of nitrogens with zero attached hydrogens (tertiary/aromatic N) is 3. The average Bonchev–Trinajstić information content (AvgIpc) is 3.30. The highest BCUT2D eigenvalue weighted by Crippen LogP contribution is 2.42. The molecule has 0 spiro atoms. The molecule has 1 aliphatic rings. The third-order valence-corrected chi connectivity index (χ3v) is 5.56. The molecule has 1 amide bonds. The topological polar surface area (TPSA) is 92.6 Å². The number of hydrogen-bond acceptors (Lipinski definition) is 7. The van der Waals surface area contributed by atoms with Gasteiger partial charge in [0, 0.05) is 5.56 Å². The Morgan fingerprint density at radius 3 is 2.40 bits per heavy atom. The number of carbonyl (C=O) groups is 2. The Morgan fingerprint density at radius 1 is 1.10 bits per heavy atom. The van der Waals surface area contributed by atoms with Crippen LogP contribution < -0.4 is 9.64 Å². The van der Waals surface area contributed by atoms with Crippen molar-refractivity contribution in [2.45, 2.75) is 19.9 Å². The Kier molecular flexibility index (Phi) is 5.33. The normalized spacial score (nSPS) is 18.1. The first-order chi connectivity index (χ1) is 14.5. The quantitative estimate of drug-likeness (QED) is 0.382. The third kappa shape index (κ3) is 3.46. The predicted octanol–water partition coefficient (Wildman–Crippen LogP) is 3.87. The summed E-state index contributed by atoms with van der Waals surface area (Å²) in [6.45, 7) is 4.17. The van der Waals surface area contributed by atoms with E-state index in [1.807, 2.05) is 37.3 Å². The molecule has 1 fully saturated rings. The van der Waals surface area contributed by atoms with Gasteiger partial charge in [-0.3, -0.25) is 14.5 Å². The van der Waals surface area contributed by atoms with Gasteiger partial charge in [0.1, 0.15) is 16.5 Å². The first kappa shape index (κ1) is 19.8. The molecule has 8 heteroatoms. The molecule has 2 aromatic carbocycles. The van der Waals surface area contributed by atoms with Crippen LogP contribution in [0.15, 0.2) is 60.2 Å². The van der Waals surface area contributed by atoms with E-state index in [1.165, 1.54) is 16.2 Å². The number of benzene rings is 2. The average molecular weight is 421 g/mol. The molecule has 1 unspecified atom stereocenters. The molecular weight excluding hydrogens is 402 g/mol. The van der Waals surface area contributed by atoms with Crippen LogP contribution in [0.2, 0.25) is 0 Å². The monoisotopic (exact) mass is 421 g/mol. The van der Waals surface area contributed by atoms with Gasteiger partial charge >= 0.3 is 5.91 Å². The van der Waals surface area contributed by atoms with Crippen molar-refractivity contribution >= 4 is 33.9 Å². The maximum Gasteiger partial charge on any atom is 0.301 e. The largest absolute Gasteiger partial charge is 0.507 e. The molecule has 1 atom stereocenters. The highest BCUT2D eigenvalue weighted by Gasteiger charge is 2.48. The second-order valence-electron chi connectivity index (χ2n) is 6.64. The Labute approximate surface area is 177 Å². The fourth-order valence-corrected chi connectivity index (χ4v) is 4.11. The molecule has 1 aromatic heterocycles. The Balaban J connectivity index is 1.87. The molecule has 0 aliphatic carbocycles. The van der Waals surface area contributed by atoms with Crippen molar-refractivity contribution in [2.24, 2.45) is 0 Å². The number of aliphatic hydroxyl groups excluding tert-OH is 1. The molecule has 0 radical (unpaired) electrons. The summed E-state index contributed by atoms with van der Waals surface area (Å²) >= 11 is 1.22. The van der Waals surface area contributed by atoms with Gasteiger partial charge in [0.2, 0.25) is 5.13 Å². The lowest BCUT2D eigenvalue weighted by Crippen LogP contribution is -2.29. The lowest BCUT2D eigenvalue weighted by atomic mass is 9.95. The summed E-state index contributed by atoms with van der Waals surface area (Å²) in [6.07, 6.45) is 0. The molecular formula is C22H19N3O4S. The summed E-state index contributed by atoms with van der Waals surface area (Å²) in [5, 5.41) is 20.1. The fourth-order valence-electron chi connectivity index (χ4n) is 3.40. The van der Waals surface area contributed by atoms with E-state index < -0.39 is 17.7 Å². The van der Waals surface area contributed by atoms with Gasteiger partial charge in [0.05, 0.1) is 18.2 Å². The van der Waals surface area contributed by atoms with Crippen LogP contribution in [0.3, 0.4) is 0 Å². The number of Topliss-reactive ketones (excluding diaryl/α,β-unsaturated/α-hetero) is 1. The first-order valence-electron chi connectivity index (χ1n) is 9.40. The zero-order chi connectivity index (χ0) is 21.3. The molecule has 30 heavy (non-hydrogen) atoms. The molecule has 7 nitrogen and oxygen atoms in total. The van der Waals surface area contributed by atoms with Gasteiger partial charge in [-0.05, 0) is 43.7 Å². The van der Waals surface area contributed by atoms with Crippen LogP contribution in [-0.2, 0) is 9.59 Å². The van der Waals surface area contributed by atoms with Crippen molar-refractivity contribution in [3.05, 3.63) is 76.3 Å². The summed E-state index contributed by atoms with van der Waals surface area (Å²) in [5.74, 6) is -1.09. The molecule has 4 rings (SSSR count). The standard InChI is InChI=1S/C22H19N3O4S/c1-3-29-16-11-9-15(10-12-16)19(26)17-18(14-7-5-4-6-8-14)25(21(28)20(17)27)22-24-23-13(2)30-22/h4-12,18,26H,3H2,1-2H3/b19-17-. The van der Waals surface area contributed by atoms with E-state index >= 15 is 0 Å². The van der Waals surface area contributed by atoms with Crippen LogP contribution in [0.1, 0.15) is 29.1 Å². The third-order valence-electron chi connectivity index (χ3n) is 4.72. The maximum atomic E-state index is 13.0. The Hall–Kier alpha value is -3.52. The molecule has 1 aliphatic heterocycles. The van der Waals surface area contributed by atoms with E-state index in [2.05, 4.69) is 10.2 Å². The zero-order valence-corrected chi connectivity index (χ0v) is 17.2. The molecule has 0 saturated carbocycles. The lowest BCUT2D eigenvalue weighted by Gasteiger charge is -2.22. The maximum absolute atomic E-state index is 13.0. The number of aromatic nitrogens is 2. The minimum absolute atomic E-state index is 0.0169. The minimum atomic E-state index is -0.801. The first-order valence-corrected chi connectivity index (χ1v) is 10.2. The molecule has 1 saturated heterocycles. The van der Waals surface area contributed by atoms with Gasteiger partial charge in [-0.1, -0.05) is 41.7 Å². The lowest BCUT2D eigenvalue weighted by molar-refractivity contribution is -0.132. The number of rotatable bonds is 5. The second kappa shape index (κ2) is 8.08. The highest BCUT2D eigenvalue weighted by atomic mass is 32.1. The van der Waals surface area contributed by atoms with Crippen molar-refractivity contribution in [2.75, 3.05) is 11.5 Å². The van der Waals surface area contributed by atoms with Crippen LogP contribution in [-0.4, -0.2) is 33.6 Å². The van der Waals surface area contributed by atoms with Crippen LogP contribution in [0.4, 0.5) is 5.13 Å². The van der Waals surface area contributed by atoms with Gasteiger partial charge in [-0.15, -0.1) is 10.2 Å². The van der Waals surface area contributed by atoms with Crippen LogP contribution in [0.5, 0.6) is 5.75 Å². The van der Waals surface area contributed by atoms with Crippen LogP contribution >= 0.6 is 11.3 Å². The SMILES string of the molecule is CCOc1ccc(/C(O)=C2/C(=O)C(=O)N(c3nnc(C)s3)C2c2ccccc2)cc1. The Bertz CT molecular complexity index is 1120. The summed E-state index contributed by atoms with van der Waals surface area (Å²) in [6, 6.07) is 15.0. The number of carbonyl (C=O) groups excluding carboxylic acids is 2. The van der Waals surface area contributed by atoms with E-state index in [9.17, 15) is 14.7 Å². The number of ether oxygens (including phenoxy) is 1. The Morgan fingerprint density at radius 2 is 1.80 bits per heavy atom. The van der Waals surface area contributed by atoms with Gasteiger partial charge in [0.25, 0.3) is 5.78 Å². The number of hydrogen-bond donors (Lipinski definition) is 1. The summed E-state index contributed by atoms with van der Waals surface area (Å²) in [4.78, 5) is 27.2. The summed E-state index contributed by atoms with van der Waals surface area (Å²) in [5.41, 5.74) is 1.13. The van der Waals surface area contributed by atoms with Gasteiger partial charge in [-0.2, -0.15) is 0 Å². The van der Waals surface area contributed by atoms with Gasteiger partial charge < -0.3 is 9.84 Å². The number of ketones is 1. The molecule has 3 aromatic rings. The second-order valence-corrected chi connectivity index (χ2v) is 7.80. The fraction of sp³-hybridized carbons (Fsp3) is 0.182. The number of aliphatic hydroxyl groups is 1. The van der Waals surface area contributed by atoms with E-state index in [0.717, 1.165) is 0 Å². The molecule has 2 heterocycles. The van der Waals surface area contributed by atoms with Crippen molar-refractivity contribution < 1.29 is 19.4 Å². The van der Waals surface area contributed by atoms with E-state index in [4.69, 9.17) is 4.74 Å². The number of anilines is 1. The zero-order valence-electron chi connectivity index (χ0n) is 16.4. The van der Waals surface area contributed by atoms with Crippen molar-refractivity contribution in [1.82, 2.24) is 10.2 Å². The van der Waals surface area contributed by atoms with Crippen molar-refractivity contribution in [3.63, 3.8) is 0 Å². The summed E-state index contributed by atoms with van der Waals surface area (Å²) in [7, 11) is 0. The van der Waals surface area contributed by atoms with Crippen molar-refractivity contribution in [1.29, 1.82) is 0 Å². The van der Waals surface area contributed by atoms with Crippen LogP contribution in [0, 0.1) is 6.92 Å². The predicted molar refractivity (Wildman–Crippen MR) is 113 cm³/mol. The summed E-state index contributed by atoms with van der Waals surface area (Å²) < 4.78 is 5.43. The van der Waals surface area contributed by atoms with E-state index in [0.29, 0.717) is 33.6 Å². The molecule has 152 valence electrons. The van der Waals surface area contributed by atoms with Crippen LogP contribution in [0.25, 0.3) is 5.76 Å². The molecule has 0 bridgehead atoms. The number of amides is 1. The highest BCUT2D eigenvalue weighted by molar-refractivity contribution is 7.15. The van der Waals surface area contributed by atoms with E-state index in [1.54, 1.807) is 31.2 Å². The van der Waals surface area contributed by atoms with E-state index in [-0.39, 0.29) is 11.3 Å². The van der Waals surface area contributed by atoms with Gasteiger partial charge in [0.15, 0.2) is 0 Å². The smallest absolute Gasteiger partial charge is 0.301 e. The van der Waals surface area contributed by atoms with Gasteiger partial charge in [-0.25, -0.2) is 0 Å². The molecule has 1 N–H and O–H groups in total. The number of aryl methyl sites for hydroxylation is 1. The van der Waals surface area contributed by atoms with Crippen molar-refractivity contribution in [3.8, 4) is 5.75 Å². The minimum Gasteiger partial charge on any atom is -0.507 e.